The number of aryl methyl sites for hydroxylation is 1. The molecule has 0 saturated heterocycles. The fraction of sp³-hybridized carbons (Fsp3) is 0.571. The summed E-state index contributed by atoms with van der Waals surface area (Å²) in [5.41, 5.74) is 0.324. The number of nitrogens with zero attached hydrogens (tertiary/aromatic N) is 1. The van der Waals surface area contributed by atoms with E-state index in [1.165, 1.54) is 18.6 Å². The molecule has 0 radical (unpaired) electrons. The zero-order valence-electron chi connectivity index (χ0n) is 11.8. The minimum Gasteiger partial charge on any atom is -0.258 e. The molecule has 0 aromatic heterocycles. The molecule has 0 amide bonds. The first-order valence-corrected chi connectivity index (χ1v) is 8.62. The summed E-state index contributed by atoms with van der Waals surface area (Å²) >= 11 is 0. The van der Waals surface area contributed by atoms with Gasteiger partial charge in [-0.15, -0.1) is 0 Å². The van der Waals surface area contributed by atoms with Crippen molar-refractivity contribution in [3.8, 4) is 0 Å². The van der Waals surface area contributed by atoms with Crippen LogP contribution in [-0.4, -0.2) is 19.4 Å². The fourth-order valence-corrected chi connectivity index (χ4v) is 5.23. The maximum absolute atomic E-state index is 12.5. The molecule has 2 aliphatic rings. The quantitative estimate of drug-likeness (QED) is 0.683. The van der Waals surface area contributed by atoms with Crippen LogP contribution in [-0.2, 0) is 10.0 Å². The third kappa shape index (κ3) is 2.67. The van der Waals surface area contributed by atoms with Crippen molar-refractivity contribution >= 4 is 15.7 Å². The summed E-state index contributed by atoms with van der Waals surface area (Å²) in [7, 11) is -3.71. The molecule has 1 aromatic rings. The van der Waals surface area contributed by atoms with E-state index in [-0.39, 0.29) is 16.6 Å². The van der Waals surface area contributed by atoms with E-state index < -0.39 is 14.9 Å². The molecule has 3 atom stereocenters. The maximum Gasteiger partial charge on any atom is 0.270 e. The van der Waals surface area contributed by atoms with Crippen molar-refractivity contribution in [3.05, 3.63) is 33.9 Å². The second-order valence-corrected chi connectivity index (χ2v) is 7.79. The molecule has 0 aliphatic heterocycles. The number of sulfonamides is 1. The van der Waals surface area contributed by atoms with E-state index in [1.807, 2.05) is 0 Å². The predicted octanol–water partition coefficient (Wildman–Crippen LogP) is 2.37. The minimum absolute atomic E-state index is 0.0134. The van der Waals surface area contributed by atoms with Gasteiger partial charge >= 0.3 is 0 Å². The highest BCUT2D eigenvalue weighted by Crippen LogP contribution is 2.44. The van der Waals surface area contributed by atoms with Gasteiger partial charge in [0.2, 0.25) is 10.0 Å². The lowest BCUT2D eigenvalue weighted by Gasteiger charge is -2.23. The molecule has 2 bridgehead atoms. The van der Waals surface area contributed by atoms with Crippen LogP contribution < -0.4 is 4.72 Å². The number of fused-ring (bicyclic) bond motifs is 2. The van der Waals surface area contributed by atoms with Crippen molar-refractivity contribution in [1.29, 1.82) is 0 Å². The van der Waals surface area contributed by atoms with Crippen molar-refractivity contribution < 1.29 is 13.3 Å². The molecule has 3 rings (SSSR count). The Hall–Kier alpha value is -1.47. The third-order valence-electron chi connectivity index (χ3n) is 4.72. The minimum atomic E-state index is -3.71. The summed E-state index contributed by atoms with van der Waals surface area (Å²) in [6.45, 7) is 1.65. The van der Waals surface area contributed by atoms with Crippen LogP contribution in [0.2, 0.25) is 0 Å². The summed E-state index contributed by atoms with van der Waals surface area (Å²) in [5, 5.41) is 10.8. The number of nitro groups is 1. The Kier molecular flexibility index (Phi) is 3.49. The molecule has 7 heteroatoms. The topological polar surface area (TPSA) is 89.3 Å². The lowest BCUT2D eigenvalue weighted by molar-refractivity contribution is -0.385. The highest BCUT2D eigenvalue weighted by Gasteiger charge is 2.41. The van der Waals surface area contributed by atoms with E-state index in [2.05, 4.69) is 4.72 Å². The molecule has 0 unspecified atom stereocenters. The molecule has 2 fully saturated rings. The molecule has 1 aromatic carbocycles. The van der Waals surface area contributed by atoms with Gasteiger partial charge in [0.1, 0.15) is 0 Å². The molecule has 21 heavy (non-hydrogen) atoms. The number of rotatable bonds is 4. The Labute approximate surface area is 123 Å². The average Bonchev–Trinajstić information content (AvgIpc) is 3.00. The van der Waals surface area contributed by atoms with Crippen LogP contribution >= 0.6 is 0 Å². The van der Waals surface area contributed by atoms with Crippen LogP contribution in [0, 0.1) is 28.9 Å². The molecule has 6 nitrogen and oxygen atoms in total. The van der Waals surface area contributed by atoms with Gasteiger partial charge in [-0.3, -0.25) is 10.1 Å². The Morgan fingerprint density at radius 2 is 2.05 bits per heavy atom. The van der Waals surface area contributed by atoms with Crippen LogP contribution in [0.25, 0.3) is 0 Å². The molecular weight excluding hydrogens is 292 g/mol. The van der Waals surface area contributed by atoms with Gasteiger partial charge in [0.25, 0.3) is 5.69 Å². The molecule has 2 saturated carbocycles. The first kappa shape index (κ1) is 14.5. The largest absolute Gasteiger partial charge is 0.270 e. The molecule has 0 heterocycles. The van der Waals surface area contributed by atoms with Crippen LogP contribution in [0.4, 0.5) is 5.69 Å². The normalized spacial score (nSPS) is 28.0. The van der Waals surface area contributed by atoms with E-state index >= 15 is 0 Å². The highest BCUT2D eigenvalue weighted by molar-refractivity contribution is 7.89. The summed E-state index contributed by atoms with van der Waals surface area (Å²) in [4.78, 5) is 10.3. The number of non-ortho nitro benzene ring substituents is 1. The molecule has 114 valence electrons. The summed E-state index contributed by atoms with van der Waals surface area (Å²) in [5.74, 6) is 1.05. The Balaban J connectivity index is 1.88. The Bertz CT molecular complexity index is 686. The van der Waals surface area contributed by atoms with E-state index in [9.17, 15) is 18.5 Å². The zero-order valence-corrected chi connectivity index (χ0v) is 12.6. The van der Waals surface area contributed by atoms with Crippen molar-refractivity contribution in [2.75, 3.05) is 0 Å². The van der Waals surface area contributed by atoms with E-state index in [4.69, 9.17) is 0 Å². The van der Waals surface area contributed by atoms with Gasteiger partial charge in [0.15, 0.2) is 0 Å². The van der Waals surface area contributed by atoms with Gasteiger partial charge in [0, 0.05) is 18.2 Å². The molecule has 1 N–H and O–H groups in total. The van der Waals surface area contributed by atoms with Gasteiger partial charge in [-0.05, 0) is 43.6 Å². The number of nitro benzene ring substituents is 1. The van der Waals surface area contributed by atoms with Crippen LogP contribution in [0.15, 0.2) is 23.1 Å². The number of nitrogens with one attached hydrogen (secondary N) is 1. The summed E-state index contributed by atoms with van der Waals surface area (Å²) in [6, 6.07) is 3.93. The maximum atomic E-state index is 12.5. The van der Waals surface area contributed by atoms with Crippen LogP contribution in [0.1, 0.15) is 31.2 Å². The van der Waals surface area contributed by atoms with E-state index in [0.29, 0.717) is 17.4 Å². The van der Waals surface area contributed by atoms with E-state index in [0.717, 1.165) is 25.3 Å². The monoisotopic (exact) mass is 310 g/mol. The molecule has 0 spiro atoms. The van der Waals surface area contributed by atoms with Crippen molar-refractivity contribution in [2.45, 2.75) is 43.5 Å². The molecular formula is C14H18N2O4S. The Morgan fingerprint density at radius 3 is 2.62 bits per heavy atom. The number of benzene rings is 1. The number of hydrogen-bond donors (Lipinski definition) is 1. The third-order valence-corrected chi connectivity index (χ3v) is 6.35. The second kappa shape index (κ2) is 5.06. The first-order chi connectivity index (χ1) is 9.87. The summed E-state index contributed by atoms with van der Waals surface area (Å²) < 4.78 is 27.8. The smallest absolute Gasteiger partial charge is 0.258 e. The lowest BCUT2D eigenvalue weighted by atomic mass is 9.96. The van der Waals surface area contributed by atoms with Gasteiger partial charge in [-0.2, -0.15) is 0 Å². The van der Waals surface area contributed by atoms with Crippen molar-refractivity contribution in [3.63, 3.8) is 0 Å². The van der Waals surface area contributed by atoms with Gasteiger partial charge < -0.3 is 0 Å². The van der Waals surface area contributed by atoms with Gasteiger partial charge in [-0.1, -0.05) is 12.5 Å². The zero-order chi connectivity index (χ0) is 15.2. The predicted molar refractivity (Wildman–Crippen MR) is 77.4 cm³/mol. The van der Waals surface area contributed by atoms with Crippen molar-refractivity contribution in [1.82, 2.24) is 4.72 Å². The van der Waals surface area contributed by atoms with Gasteiger partial charge in [0.05, 0.1) is 9.82 Å². The summed E-state index contributed by atoms with van der Waals surface area (Å²) in [6.07, 6.45) is 4.25. The Morgan fingerprint density at radius 1 is 1.29 bits per heavy atom. The van der Waals surface area contributed by atoms with Crippen LogP contribution in [0.3, 0.4) is 0 Å². The average molecular weight is 310 g/mol. The van der Waals surface area contributed by atoms with Crippen molar-refractivity contribution in [2.24, 2.45) is 11.8 Å². The highest BCUT2D eigenvalue weighted by atomic mass is 32.2. The fourth-order valence-electron chi connectivity index (χ4n) is 3.64. The van der Waals surface area contributed by atoms with Crippen LogP contribution in [0.5, 0.6) is 0 Å². The first-order valence-electron chi connectivity index (χ1n) is 7.14. The number of hydrogen-bond acceptors (Lipinski definition) is 4. The SMILES string of the molecule is Cc1ccc([N+](=O)[O-])cc1S(=O)(=O)N[C@H]1C[C@H]2CC[C@H]1C2. The lowest BCUT2D eigenvalue weighted by Crippen LogP contribution is -2.38. The second-order valence-electron chi connectivity index (χ2n) is 6.11. The standard InChI is InChI=1S/C14H18N2O4S/c1-9-2-5-12(16(17)18)8-14(9)21(19,20)15-13-7-10-3-4-11(13)6-10/h2,5,8,10-11,13,15H,3-4,6-7H2,1H3/t10-,11-,13-/m0/s1. The molecule has 2 aliphatic carbocycles. The van der Waals surface area contributed by atoms with E-state index in [1.54, 1.807) is 6.92 Å². The van der Waals surface area contributed by atoms with Gasteiger partial charge in [-0.25, -0.2) is 13.1 Å².